The lowest BCUT2D eigenvalue weighted by Gasteiger charge is -2.23. The van der Waals surface area contributed by atoms with Gasteiger partial charge in [0, 0.05) is 18.7 Å². The van der Waals surface area contributed by atoms with Crippen LogP contribution < -0.4 is 16.2 Å². The Hall–Kier alpha value is -2.18. The Labute approximate surface area is 146 Å². The van der Waals surface area contributed by atoms with Crippen LogP contribution in [0.1, 0.15) is 28.9 Å². The van der Waals surface area contributed by atoms with Crippen molar-refractivity contribution in [3.8, 4) is 0 Å². The third-order valence-corrected chi connectivity index (χ3v) is 3.91. The van der Waals surface area contributed by atoms with Gasteiger partial charge in [-0.1, -0.05) is 30.3 Å². The van der Waals surface area contributed by atoms with Crippen LogP contribution in [0.4, 0.5) is 0 Å². The Bertz CT molecular complexity index is 727. The van der Waals surface area contributed by atoms with Crippen molar-refractivity contribution in [2.45, 2.75) is 25.4 Å². The predicted molar refractivity (Wildman–Crippen MR) is 94.6 cm³/mol. The van der Waals surface area contributed by atoms with Crippen LogP contribution in [0.3, 0.4) is 0 Å². The van der Waals surface area contributed by atoms with E-state index in [9.17, 15) is 9.59 Å². The molecule has 1 aromatic heterocycles. The van der Waals surface area contributed by atoms with Crippen molar-refractivity contribution >= 4 is 18.3 Å². The van der Waals surface area contributed by atoms with E-state index in [0.717, 1.165) is 31.5 Å². The van der Waals surface area contributed by atoms with Crippen molar-refractivity contribution in [1.29, 1.82) is 0 Å². The molecule has 128 valence electrons. The van der Waals surface area contributed by atoms with Crippen LogP contribution in [0.5, 0.6) is 0 Å². The lowest BCUT2D eigenvalue weighted by Crippen LogP contribution is -2.46. The summed E-state index contributed by atoms with van der Waals surface area (Å²) in [6.45, 7) is 2.12. The highest BCUT2D eigenvalue weighted by atomic mass is 35.5. The second-order valence-corrected chi connectivity index (χ2v) is 5.72. The van der Waals surface area contributed by atoms with Crippen molar-refractivity contribution in [2.24, 2.45) is 0 Å². The molecule has 2 heterocycles. The standard InChI is InChI=1S/C17H20N4O2.ClH/c22-16-9-8-15(17(23)19-14-7-4-10-18-11-14)20-21(16)12-13-5-2-1-3-6-13;/h1-3,5-6,8-9,14,18H,4,7,10-12H2,(H,19,23);1H/t14-;/m0./s1. The Morgan fingerprint density at radius 3 is 2.75 bits per heavy atom. The number of benzene rings is 1. The van der Waals surface area contributed by atoms with E-state index < -0.39 is 0 Å². The maximum atomic E-state index is 12.3. The molecule has 3 rings (SSSR count). The molecule has 1 aliphatic rings. The number of nitrogens with zero attached hydrogens (tertiary/aromatic N) is 2. The first kappa shape index (κ1) is 18.2. The lowest BCUT2D eigenvalue weighted by atomic mass is 10.1. The molecular formula is C17H21ClN4O2. The third kappa shape index (κ3) is 4.66. The second kappa shape index (κ2) is 8.61. The van der Waals surface area contributed by atoms with E-state index >= 15 is 0 Å². The van der Waals surface area contributed by atoms with Gasteiger partial charge >= 0.3 is 0 Å². The summed E-state index contributed by atoms with van der Waals surface area (Å²) in [5.74, 6) is -0.236. The minimum Gasteiger partial charge on any atom is -0.347 e. The van der Waals surface area contributed by atoms with Crippen molar-refractivity contribution in [2.75, 3.05) is 13.1 Å². The van der Waals surface area contributed by atoms with Gasteiger partial charge in [0.25, 0.3) is 11.5 Å². The number of nitrogens with one attached hydrogen (secondary N) is 2. The number of hydrogen-bond acceptors (Lipinski definition) is 4. The van der Waals surface area contributed by atoms with Crippen molar-refractivity contribution < 1.29 is 4.79 Å². The number of rotatable bonds is 4. The quantitative estimate of drug-likeness (QED) is 0.870. The summed E-state index contributed by atoms with van der Waals surface area (Å²) in [5.41, 5.74) is 1.02. The van der Waals surface area contributed by atoms with Crippen molar-refractivity contribution in [3.05, 3.63) is 64.1 Å². The molecule has 1 fully saturated rings. The first-order valence-corrected chi connectivity index (χ1v) is 7.86. The lowest BCUT2D eigenvalue weighted by molar-refractivity contribution is 0.0923. The number of carbonyl (C=O) groups excluding carboxylic acids is 1. The first-order valence-electron chi connectivity index (χ1n) is 7.86. The van der Waals surface area contributed by atoms with E-state index in [-0.39, 0.29) is 35.6 Å². The van der Waals surface area contributed by atoms with Gasteiger partial charge < -0.3 is 10.6 Å². The number of piperidine rings is 1. The summed E-state index contributed by atoms with van der Waals surface area (Å²) in [6.07, 6.45) is 2.01. The molecule has 24 heavy (non-hydrogen) atoms. The van der Waals surface area contributed by atoms with E-state index in [0.29, 0.717) is 6.54 Å². The number of aromatic nitrogens is 2. The monoisotopic (exact) mass is 348 g/mol. The maximum Gasteiger partial charge on any atom is 0.271 e. The zero-order valence-electron chi connectivity index (χ0n) is 13.3. The van der Waals surface area contributed by atoms with E-state index in [1.807, 2.05) is 30.3 Å². The topological polar surface area (TPSA) is 76.0 Å². The molecule has 6 nitrogen and oxygen atoms in total. The molecule has 1 aliphatic heterocycles. The molecule has 1 saturated heterocycles. The van der Waals surface area contributed by atoms with Gasteiger partial charge in [0.05, 0.1) is 6.54 Å². The largest absolute Gasteiger partial charge is 0.347 e. The van der Waals surface area contributed by atoms with Crippen LogP contribution >= 0.6 is 12.4 Å². The number of amides is 1. The highest BCUT2D eigenvalue weighted by Crippen LogP contribution is 2.03. The highest BCUT2D eigenvalue weighted by molar-refractivity contribution is 5.92. The van der Waals surface area contributed by atoms with Crippen LogP contribution in [0.25, 0.3) is 0 Å². The molecule has 7 heteroatoms. The minimum atomic E-state index is -0.236. The minimum absolute atomic E-state index is 0. The Morgan fingerprint density at radius 1 is 1.25 bits per heavy atom. The zero-order chi connectivity index (χ0) is 16.1. The van der Waals surface area contributed by atoms with Crippen LogP contribution in [-0.2, 0) is 6.54 Å². The number of halogens is 1. The van der Waals surface area contributed by atoms with E-state index in [1.54, 1.807) is 0 Å². The maximum absolute atomic E-state index is 12.3. The predicted octanol–water partition coefficient (Wildman–Crippen LogP) is 1.20. The van der Waals surface area contributed by atoms with Crippen LogP contribution in [0.2, 0.25) is 0 Å². The summed E-state index contributed by atoms with van der Waals surface area (Å²) in [5, 5.41) is 10.4. The van der Waals surface area contributed by atoms with Crippen LogP contribution in [-0.4, -0.2) is 34.8 Å². The summed E-state index contributed by atoms with van der Waals surface area (Å²) in [7, 11) is 0. The fraction of sp³-hybridized carbons (Fsp3) is 0.353. The molecule has 0 bridgehead atoms. The molecule has 1 aromatic carbocycles. The van der Waals surface area contributed by atoms with Gasteiger partial charge in [0.15, 0.2) is 0 Å². The van der Waals surface area contributed by atoms with E-state index in [4.69, 9.17) is 0 Å². The molecular weight excluding hydrogens is 328 g/mol. The van der Waals surface area contributed by atoms with Crippen LogP contribution in [0, 0.1) is 0 Å². The molecule has 1 amide bonds. The van der Waals surface area contributed by atoms with Gasteiger partial charge in [0.2, 0.25) is 0 Å². The smallest absolute Gasteiger partial charge is 0.271 e. The average molecular weight is 349 g/mol. The average Bonchev–Trinajstić information content (AvgIpc) is 2.58. The van der Waals surface area contributed by atoms with Gasteiger partial charge in [-0.2, -0.15) is 5.10 Å². The normalized spacial score (nSPS) is 16.9. The molecule has 0 unspecified atom stereocenters. The molecule has 2 N–H and O–H groups in total. The molecule has 0 radical (unpaired) electrons. The summed E-state index contributed by atoms with van der Waals surface area (Å²) >= 11 is 0. The van der Waals surface area contributed by atoms with Crippen LogP contribution in [0.15, 0.2) is 47.3 Å². The molecule has 2 aromatic rings. The van der Waals surface area contributed by atoms with Gasteiger partial charge in [-0.05, 0) is 31.0 Å². The number of hydrogen-bond donors (Lipinski definition) is 2. The third-order valence-electron chi connectivity index (χ3n) is 3.91. The Kier molecular flexibility index (Phi) is 6.52. The van der Waals surface area contributed by atoms with Gasteiger partial charge in [-0.15, -0.1) is 12.4 Å². The Balaban J connectivity index is 0.00000208. The molecule has 0 aliphatic carbocycles. The molecule has 1 atom stereocenters. The summed E-state index contributed by atoms with van der Waals surface area (Å²) in [6, 6.07) is 12.6. The zero-order valence-corrected chi connectivity index (χ0v) is 14.1. The second-order valence-electron chi connectivity index (χ2n) is 5.72. The number of carbonyl (C=O) groups is 1. The van der Waals surface area contributed by atoms with E-state index in [2.05, 4.69) is 15.7 Å². The fourth-order valence-electron chi connectivity index (χ4n) is 2.67. The van der Waals surface area contributed by atoms with Crippen molar-refractivity contribution in [1.82, 2.24) is 20.4 Å². The van der Waals surface area contributed by atoms with E-state index in [1.165, 1.54) is 16.8 Å². The van der Waals surface area contributed by atoms with Gasteiger partial charge in [0.1, 0.15) is 5.69 Å². The Morgan fingerprint density at radius 2 is 2.04 bits per heavy atom. The summed E-state index contributed by atoms with van der Waals surface area (Å²) < 4.78 is 1.32. The molecule has 0 saturated carbocycles. The van der Waals surface area contributed by atoms with Gasteiger partial charge in [-0.3, -0.25) is 9.59 Å². The summed E-state index contributed by atoms with van der Waals surface area (Å²) in [4.78, 5) is 24.3. The SMILES string of the molecule is Cl.O=C(N[C@H]1CCCNC1)c1ccc(=O)n(Cc2ccccc2)n1. The highest BCUT2D eigenvalue weighted by Gasteiger charge is 2.17. The van der Waals surface area contributed by atoms with Gasteiger partial charge in [-0.25, -0.2) is 4.68 Å². The molecule has 0 spiro atoms. The fourth-order valence-corrected chi connectivity index (χ4v) is 2.67. The first-order chi connectivity index (χ1) is 11.2. The van der Waals surface area contributed by atoms with Crippen molar-refractivity contribution in [3.63, 3.8) is 0 Å².